The number of anilines is 2. The predicted octanol–water partition coefficient (Wildman–Crippen LogP) is 3.47. The third-order valence-corrected chi connectivity index (χ3v) is 5.11. The monoisotopic (exact) mass is 399 g/mol. The van der Waals surface area contributed by atoms with Crippen molar-refractivity contribution >= 4 is 57.5 Å². The van der Waals surface area contributed by atoms with E-state index in [1.807, 2.05) is 31.2 Å². The van der Waals surface area contributed by atoms with Gasteiger partial charge in [0.1, 0.15) is 5.25 Å². The van der Waals surface area contributed by atoms with Crippen LogP contribution in [0.2, 0.25) is 0 Å². The van der Waals surface area contributed by atoms with Gasteiger partial charge in [-0.25, -0.2) is 4.90 Å². The van der Waals surface area contributed by atoms with Gasteiger partial charge in [-0.3, -0.25) is 14.4 Å². The summed E-state index contributed by atoms with van der Waals surface area (Å²) < 4.78 is 0. The quantitative estimate of drug-likeness (QED) is 0.767. The van der Waals surface area contributed by atoms with Crippen LogP contribution >= 0.6 is 24.0 Å². The zero-order valence-electron chi connectivity index (χ0n) is 14.5. The fourth-order valence-electron chi connectivity index (χ4n) is 2.54. The smallest absolute Gasteiger partial charge is 0.293 e. The van der Waals surface area contributed by atoms with Crippen LogP contribution in [0.4, 0.5) is 16.2 Å². The second-order valence-electron chi connectivity index (χ2n) is 5.95. The number of nitrogens with zero attached hydrogens (tertiary/aromatic N) is 1. The summed E-state index contributed by atoms with van der Waals surface area (Å²) >= 11 is 5.98. The number of thiocarbonyl (C=S) groups is 1. The fraction of sp³-hybridized carbons (Fsp3) is 0.158. The Labute approximate surface area is 166 Å². The van der Waals surface area contributed by atoms with Gasteiger partial charge < -0.3 is 10.6 Å². The molecule has 138 valence electrons. The molecule has 3 amide bonds. The number of benzene rings is 2. The number of aryl methyl sites for hydroxylation is 1. The first-order valence-corrected chi connectivity index (χ1v) is 9.50. The number of rotatable bonds is 4. The standard InChI is InChI=1S/C19H17N3O3S2/c1-12-7-9-13(10-8-12)20-18(26)21-16(23)11-15-17(24)22(19(25)27-15)14-5-3-2-4-6-14/h2-10,15H,11H2,1H3,(H2,20,21,23,26)/t15-/m1/s1. The number of amides is 3. The SMILES string of the molecule is Cc1ccc(NC(=S)NC(=O)C[C@H]2SC(=O)N(c3ccccc3)C2=O)cc1. The van der Waals surface area contributed by atoms with Crippen LogP contribution in [0, 0.1) is 6.92 Å². The highest BCUT2D eigenvalue weighted by Crippen LogP contribution is 2.33. The van der Waals surface area contributed by atoms with E-state index in [0.717, 1.165) is 27.9 Å². The van der Waals surface area contributed by atoms with E-state index in [4.69, 9.17) is 12.2 Å². The average Bonchev–Trinajstić information content (AvgIpc) is 2.91. The van der Waals surface area contributed by atoms with Crippen molar-refractivity contribution in [2.45, 2.75) is 18.6 Å². The van der Waals surface area contributed by atoms with Crippen molar-refractivity contribution in [3.63, 3.8) is 0 Å². The van der Waals surface area contributed by atoms with Gasteiger partial charge in [-0.15, -0.1) is 0 Å². The normalized spacial score (nSPS) is 16.3. The molecular formula is C19H17N3O3S2. The van der Waals surface area contributed by atoms with E-state index in [-0.39, 0.29) is 16.8 Å². The maximum Gasteiger partial charge on any atom is 0.293 e. The van der Waals surface area contributed by atoms with Gasteiger partial charge in [-0.2, -0.15) is 0 Å². The van der Waals surface area contributed by atoms with E-state index in [0.29, 0.717) is 5.69 Å². The lowest BCUT2D eigenvalue weighted by molar-refractivity contribution is -0.123. The van der Waals surface area contributed by atoms with Crippen molar-refractivity contribution in [2.75, 3.05) is 10.2 Å². The molecule has 6 nitrogen and oxygen atoms in total. The molecule has 1 aliphatic rings. The Balaban J connectivity index is 1.56. The third kappa shape index (κ3) is 4.72. The van der Waals surface area contributed by atoms with E-state index in [2.05, 4.69) is 10.6 Å². The van der Waals surface area contributed by atoms with E-state index in [1.54, 1.807) is 30.3 Å². The summed E-state index contributed by atoms with van der Waals surface area (Å²) in [6, 6.07) is 16.2. The highest BCUT2D eigenvalue weighted by molar-refractivity contribution is 8.15. The lowest BCUT2D eigenvalue weighted by atomic mass is 10.2. The Hall–Kier alpha value is -2.71. The number of carbonyl (C=O) groups excluding carboxylic acids is 3. The molecule has 27 heavy (non-hydrogen) atoms. The van der Waals surface area contributed by atoms with Crippen LogP contribution in [0.25, 0.3) is 0 Å². The summed E-state index contributed by atoms with van der Waals surface area (Å²) in [4.78, 5) is 38.0. The van der Waals surface area contributed by atoms with Crippen molar-refractivity contribution < 1.29 is 14.4 Å². The minimum atomic E-state index is -0.764. The van der Waals surface area contributed by atoms with Crippen LogP contribution in [0.1, 0.15) is 12.0 Å². The van der Waals surface area contributed by atoms with E-state index >= 15 is 0 Å². The van der Waals surface area contributed by atoms with Gasteiger partial charge in [-0.05, 0) is 55.2 Å². The molecule has 1 heterocycles. The Bertz CT molecular complexity index is 885. The molecule has 1 fully saturated rings. The van der Waals surface area contributed by atoms with Gasteiger partial charge >= 0.3 is 0 Å². The minimum Gasteiger partial charge on any atom is -0.332 e. The first-order chi connectivity index (χ1) is 12.9. The highest BCUT2D eigenvalue weighted by atomic mass is 32.2. The molecule has 1 aliphatic heterocycles. The topological polar surface area (TPSA) is 78.5 Å². The summed E-state index contributed by atoms with van der Waals surface area (Å²) in [6.45, 7) is 1.97. The number of para-hydroxylation sites is 1. The Morgan fingerprint density at radius 2 is 1.78 bits per heavy atom. The molecule has 3 rings (SSSR count). The van der Waals surface area contributed by atoms with E-state index in [1.165, 1.54) is 0 Å². The second-order valence-corrected chi connectivity index (χ2v) is 7.52. The maximum atomic E-state index is 12.5. The molecule has 0 aromatic heterocycles. The van der Waals surface area contributed by atoms with E-state index in [9.17, 15) is 14.4 Å². The number of imide groups is 1. The fourth-order valence-corrected chi connectivity index (χ4v) is 3.76. The van der Waals surface area contributed by atoms with Crippen molar-refractivity contribution in [1.29, 1.82) is 0 Å². The zero-order valence-corrected chi connectivity index (χ0v) is 16.1. The molecule has 0 saturated carbocycles. The second kappa shape index (κ2) is 8.32. The number of nitrogens with one attached hydrogen (secondary N) is 2. The number of hydrogen-bond donors (Lipinski definition) is 2. The molecule has 1 saturated heterocycles. The van der Waals surface area contributed by atoms with Crippen LogP contribution in [0.5, 0.6) is 0 Å². The van der Waals surface area contributed by atoms with Crippen molar-refractivity contribution in [3.05, 3.63) is 60.2 Å². The lowest BCUT2D eigenvalue weighted by Crippen LogP contribution is -2.38. The van der Waals surface area contributed by atoms with Crippen molar-refractivity contribution in [2.24, 2.45) is 0 Å². The van der Waals surface area contributed by atoms with Crippen molar-refractivity contribution in [3.8, 4) is 0 Å². The zero-order chi connectivity index (χ0) is 19.4. The summed E-state index contributed by atoms with van der Waals surface area (Å²) in [6.07, 6.45) is -0.131. The van der Waals surface area contributed by atoms with Crippen LogP contribution in [0.3, 0.4) is 0 Å². The predicted molar refractivity (Wildman–Crippen MR) is 111 cm³/mol. The number of hydrogen-bond acceptors (Lipinski definition) is 5. The van der Waals surface area contributed by atoms with Gasteiger partial charge in [0.15, 0.2) is 5.11 Å². The van der Waals surface area contributed by atoms with Gasteiger partial charge in [0.2, 0.25) is 11.8 Å². The molecule has 0 radical (unpaired) electrons. The molecule has 1 atom stereocenters. The first kappa shape index (κ1) is 19.1. The average molecular weight is 399 g/mol. The molecule has 8 heteroatoms. The molecular weight excluding hydrogens is 382 g/mol. The highest BCUT2D eigenvalue weighted by Gasteiger charge is 2.41. The largest absolute Gasteiger partial charge is 0.332 e. The van der Waals surface area contributed by atoms with Gasteiger partial charge in [-0.1, -0.05) is 35.9 Å². The van der Waals surface area contributed by atoms with Crippen LogP contribution in [0.15, 0.2) is 54.6 Å². The summed E-state index contributed by atoms with van der Waals surface area (Å²) in [5.41, 5.74) is 2.36. The first-order valence-electron chi connectivity index (χ1n) is 8.21. The van der Waals surface area contributed by atoms with Crippen LogP contribution < -0.4 is 15.5 Å². The number of carbonyl (C=O) groups is 3. The van der Waals surface area contributed by atoms with Crippen LogP contribution in [-0.4, -0.2) is 27.4 Å². The molecule has 0 unspecified atom stereocenters. The van der Waals surface area contributed by atoms with Crippen LogP contribution in [-0.2, 0) is 9.59 Å². The van der Waals surface area contributed by atoms with E-state index < -0.39 is 17.1 Å². The summed E-state index contributed by atoms with van der Waals surface area (Å²) in [7, 11) is 0. The van der Waals surface area contributed by atoms with Gasteiger partial charge in [0, 0.05) is 12.1 Å². The minimum absolute atomic E-state index is 0.131. The van der Waals surface area contributed by atoms with Gasteiger partial charge in [0.25, 0.3) is 5.24 Å². The Morgan fingerprint density at radius 1 is 1.11 bits per heavy atom. The summed E-state index contributed by atoms with van der Waals surface area (Å²) in [5, 5.41) is 4.45. The Morgan fingerprint density at radius 3 is 2.44 bits per heavy atom. The number of thioether (sulfide) groups is 1. The third-order valence-electron chi connectivity index (χ3n) is 3.87. The Kier molecular flexibility index (Phi) is 5.88. The molecule has 0 spiro atoms. The van der Waals surface area contributed by atoms with Gasteiger partial charge in [0.05, 0.1) is 5.69 Å². The molecule has 0 bridgehead atoms. The lowest BCUT2D eigenvalue weighted by Gasteiger charge is -2.14. The van der Waals surface area contributed by atoms with Crippen molar-refractivity contribution in [1.82, 2.24) is 5.32 Å². The molecule has 2 aromatic rings. The molecule has 2 aromatic carbocycles. The maximum absolute atomic E-state index is 12.5. The molecule has 2 N–H and O–H groups in total. The summed E-state index contributed by atoms with van der Waals surface area (Å²) in [5.74, 6) is -0.822. The molecule has 0 aliphatic carbocycles.